The third kappa shape index (κ3) is 2.08. The number of nitrogens with one attached hydrogen (secondary N) is 1. The molecule has 2 unspecified atom stereocenters. The topological polar surface area (TPSA) is 102 Å². The van der Waals surface area contributed by atoms with Gasteiger partial charge in [-0.2, -0.15) is 0 Å². The summed E-state index contributed by atoms with van der Waals surface area (Å²) in [5, 5.41) is 3.43. The van der Waals surface area contributed by atoms with Gasteiger partial charge >= 0.3 is 11.5 Å². The Morgan fingerprint density at radius 3 is 2.83 bits per heavy atom. The van der Waals surface area contributed by atoms with Crippen LogP contribution in [0.4, 0.5) is 17.5 Å². The molecule has 7 heteroatoms. The van der Waals surface area contributed by atoms with Crippen molar-refractivity contribution in [1.82, 2.24) is 4.57 Å². The van der Waals surface area contributed by atoms with Crippen molar-refractivity contribution in [3.8, 4) is 0 Å². The number of hydrogen-bond donors (Lipinski definition) is 3. The van der Waals surface area contributed by atoms with Crippen molar-refractivity contribution in [2.24, 2.45) is 17.8 Å². The number of nitrogen functional groups attached to an aromatic ring is 1. The summed E-state index contributed by atoms with van der Waals surface area (Å²) in [6.45, 7) is 0. The molecule has 0 spiro atoms. The van der Waals surface area contributed by atoms with Gasteiger partial charge in [0.25, 0.3) is 0 Å². The summed E-state index contributed by atoms with van der Waals surface area (Å²) in [7, 11) is 1.74. The summed E-state index contributed by atoms with van der Waals surface area (Å²) in [6, 6.07) is 9.93. The molecule has 7 nitrogen and oxygen atoms in total. The van der Waals surface area contributed by atoms with Gasteiger partial charge in [-0.05, 0) is 31.4 Å². The number of amidine groups is 1. The number of fused-ring (bicyclic) bond motifs is 3. The summed E-state index contributed by atoms with van der Waals surface area (Å²) in [6.07, 6.45) is 3.29. The first-order chi connectivity index (χ1) is 11.6. The molecule has 4 rings (SSSR count). The van der Waals surface area contributed by atoms with Crippen LogP contribution in [0.3, 0.4) is 0 Å². The fourth-order valence-corrected chi connectivity index (χ4v) is 3.79. The van der Waals surface area contributed by atoms with E-state index in [0.29, 0.717) is 17.5 Å². The second-order valence-corrected chi connectivity index (χ2v) is 6.40. The molecule has 1 aromatic carbocycles. The number of benzene rings is 1. The van der Waals surface area contributed by atoms with E-state index in [1.165, 1.54) is 0 Å². The molecule has 1 aliphatic heterocycles. The molecule has 2 atom stereocenters. The Labute approximate surface area is 139 Å². The van der Waals surface area contributed by atoms with Crippen LogP contribution in [-0.4, -0.2) is 16.4 Å². The number of nitrogens with zero attached hydrogens (tertiary/aromatic N) is 3. The average Bonchev–Trinajstić information content (AvgIpc) is 3.14. The number of anilines is 2. The monoisotopic (exact) mass is 325 g/mol. The third-order valence-corrected chi connectivity index (χ3v) is 4.97. The average molecular weight is 325 g/mol. The lowest BCUT2D eigenvalue weighted by Gasteiger charge is -2.13. The molecule has 5 N–H and O–H groups in total. The fraction of sp³-hybridized carbons (Fsp3) is 0.353. The summed E-state index contributed by atoms with van der Waals surface area (Å²) >= 11 is 0. The van der Waals surface area contributed by atoms with Crippen molar-refractivity contribution >= 4 is 23.3 Å². The van der Waals surface area contributed by atoms with E-state index in [-0.39, 0.29) is 23.0 Å². The number of nitrogens with two attached hydrogens (primary N) is 2. The van der Waals surface area contributed by atoms with Crippen LogP contribution < -0.4 is 26.9 Å². The molecular formula is C17H21N6O+. The van der Waals surface area contributed by atoms with Crippen molar-refractivity contribution in [3.05, 3.63) is 46.2 Å². The Hall–Kier alpha value is -2.83. The predicted octanol–water partition coefficient (Wildman–Crippen LogP) is 0.811. The van der Waals surface area contributed by atoms with Crippen LogP contribution >= 0.6 is 0 Å². The van der Waals surface area contributed by atoms with Crippen LogP contribution in [0.2, 0.25) is 0 Å². The molecule has 124 valence electrons. The molecule has 1 fully saturated rings. The zero-order valence-electron chi connectivity index (χ0n) is 13.6. The maximum atomic E-state index is 12.8. The van der Waals surface area contributed by atoms with Gasteiger partial charge in [-0.25, -0.2) is 14.1 Å². The number of para-hydroxylation sites is 1. The minimum atomic E-state index is -0.233. The van der Waals surface area contributed by atoms with Crippen molar-refractivity contribution < 1.29 is 4.57 Å². The van der Waals surface area contributed by atoms with Crippen molar-refractivity contribution in [1.29, 1.82) is 0 Å². The van der Waals surface area contributed by atoms with E-state index in [2.05, 4.69) is 10.3 Å². The Morgan fingerprint density at radius 1 is 1.33 bits per heavy atom. The summed E-state index contributed by atoms with van der Waals surface area (Å²) in [5.41, 5.74) is 13.3. The molecule has 2 aliphatic rings. The van der Waals surface area contributed by atoms with Gasteiger partial charge in [0.1, 0.15) is 11.9 Å². The number of hydrogen-bond acceptors (Lipinski definition) is 4. The van der Waals surface area contributed by atoms with Gasteiger partial charge in [-0.15, -0.1) is 0 Å². The van der Waals surface area contributed by atoms with Crippen LogP contribution in [0, 0.1) is 0 Å². The molecule has 2 heterocycles. The van der Waals surface area contributed by atoms with E-state index in [1.54, 1.807) is 11.6 Å². The largest absolute Gasteiger partial charge is 0.383 e. The molecule has 1 aromatic heterocycles. The van der Waals surface area contributed by atoms with Gasteiger partial charge in [0.05, 0.1) is 18.8 Å². The van der Waals surface area contributed by atoms with Crippen molar-refractivity contribution in [2.75, 3.05) is 11.1 Å². The van der Waals surface area contributed by atoms with Crippen LogP contribution in [0.25, 0.3) is 0 Å². The standard InChI is InChI=1S/C17H20N6O/c1-22-16(24)13(14(18)20-10-6-3-2-4-7-10)15(19)23-12-9-5-8-11(12)21-17(22)23/h2-4,6-7,11-12H,5,8-9H2,1H3,(H4,18,19,20,24)/p+1. The van der Waals surface area contributed by atoms with Gasteiger partial charge in [0.2, 0.25) is 5.82 Å². The Kier molecular flexibility index (Phi) is 3.30. The molecule has 2 aromatic rings. The highest BCUT2D eigenvalue weighted by Gasteiger charge is 2.44. The molecule has 0 saturated heterocycles. The lowest BCUT2D eigenvalue weighted by molar-refractivity contribution is -0.688. The molecular weight excluding hydrogens is 304 g/mol. The highest BCUT2D eigenvalue weighted by atomic mass is 16.1. The van der Waals surface area contributed by atoms with Crippen LogP contribution in [0.5, 0.6) is 0 Å². The summed E-state index contributed by atoms with van der Waals surface area (Å²) in [4.78, 5) is 17.1. The first-order valence-electron chi connectivity index (χ1n) is 8.18. The number of aromatic nitrogens is 2. The van der Waals surface area contributed by atoms with Crippen LogP contribution in [0.1, 0.15) is 30.9 Å². The normalized spacial score (nSPS) is 22.1. The van der Waals surface area contributed by atoms with E-state index in [1.807, 2.05) is 34.9 Å². The third-order valence-electron chi connectivity index (χ3n) is 4.97. The second kappa shape index (κ2) is 5.36. The molecule has 24 heavy (non-hydrogen) atoms. The summed E-state index contributed by atoms with van der Waals surface area (Å²) < 4.78 is 3.60. The van der Waals surface area contributed by atoms with E-state index in [4.69, 9.17) is 11.5 Å². The molecule has 0 bridgehead atoms. The maximum absolute atomic E-state index is 12.8. The highest BCUT2D eigenvalue weighted by Crippen LogP contribution is 2.34. The molecule has 0 amide bonds. The minimum absolute atomic E-state index is 0.149. The van der Waals surface area contributed by atoms with E-state index < -0.39 is 0 Å². The van der Waals surface area contributed by atoms with E-state index in [9.17, 15) is 4.79 Å². The van der Waals surface area contributed by atoms with Crippen molar-refractivity contribution in [2.45, 2.75) is 31.3 Å². The van der Waals surface area contributed by atoms with E-state index in [0.717, 1.165) is 25.2 Å². The Balaban J connectivity index is 1.89. The molecule has 1 saturated carbocycles. The quantitative estimate of drug-likeness (QED) is 0.432. The van der Waals surface area contributed by atoms with Crippen LogP contribution in [0.15, 0.2) is 40.1 Å². The van der Waals surface area contributed by atoms with Crippen molar-refractivity contribution in [3.63, 3.8) is 0 Å². The summed E-state index contributed by atoms with van der Waals surface area (Å²) in [5.74, 6) is 1.30. The zero-order chi connectivity index (χ0) is 16.8. The maximum Gasteiger partial charge on any atom is 0.320 e. The van der Waals surface area contributed by atoms with Gasteiger partial charge in [-0.1, -0.05) is 18.2 Å². The lowest BCUT2D eigenvalue weighted by atomic mass is 10.2. The van der Waals surface area contributed by atoms with Gasteiger partial charge in [-0.3, -0.25) is 10.1 Å². The molecule has 0 radical (unpaired) electrons. The molecule has 1 aliphatic carbocycles. The van der Waals surface area contributed by atoms with Gasteiger partial charge in [0.15, 0.2) is 5.56 Å². The SMILES string of the molecule is Cn1c2[n+](c(N)c(C(N)=Nc3ccccc3)c1=O)C1CCCC1N2. The Morgan fingerprint density at radius 2 is 2.08 bits per heavy atom. The highest BCUT2D eigenvalue weighted by molar-refractivity contribution is 6.01. The van der Waals surface area contributed by atoms with Crippen LogP contribution in [-0.2, 0) is 7.05 Å². The first-order valence-corrected chi connectivity index (χ1v) is 8.18. The number of rotatable bonds is 2. The smallest absolute Gasteiger partial charge is 0.320 e. The fourth-order valence-electron chi connectivity index (χ4n) is 3.79. The van der Waals surface area contributed by atoms with E-state index >= 15 is 0 Å². The second-order valence-electron chi connectivity index (χ2n) is 6.40. The number of aliphatic imine (C=N–C) groups is 1. The lowest BCUT2D eigenvalue weighted by Crippen LogP contribution is -2.48. The van der Waals surface area contributed by atoms with Gasteiger partial charge in [0, 0.05) is 0 Å². The Bertz CT molecular complexity index is 886. The predicted molar refractivity (Wildman–Crippen MR) is 93.4 cm³/mol. The first kappa shape index (κ1) is 14.7. The minimum Gasteiger partial charge on any atom is -0.383 e. The zero-order valence-corrected chi connectivity index (χ0v) is 13.6. The van der Waals surface area contributed by atoms with Gasteiger partial charge < -0.3 is 11.5 Å².